The summed E-state index contributed by atoms with van der Waals surface area (Å²) in [6.45, 7) is 3.48. The molecule has 2 aromatic rings. The van der Waals surface area contributed by atoms with Crippen LogP contribution in [0.4, 0.5) is 5.69 Å². The van der Waals surface area contributed by atoms with Crippen molar-refractivity contribution in [3.8, 4) is 0 Å². The van der Waals surface area contributed by atoms with Gasteiger partial charge in [0, 0.05) is 12.7 Å². The summed E-state index contributed by atoms with van der Waals surface area (Å²) in [7, 11) is -1.85. The molecule has 108 valence electrons. The van der Waals surface area contributed by atoms with Crippen LogP contribution in [0.15, 0.2) is 23.1 Å². The van der Waals surface area contributed by atoms with E-state index in [-0.39, 0.29) is 10.6 Å². The first-order chi connectivity index (χ1) is 9.22. The molecule has 0 radical (unpaired) electrons. The molecule has 0 aliphatic rings. The molecule has 0 unspecified atom stereocenters. The van der Waals surface area contributed by atoms with Gasteiger partial charge in [0.2, 0.25) is 0 Å². The second-order valence-electron chi connectivity index (χ2n) is 4.75. The van der Waals surface area contributed by atoms with Crippen LogP contribution in [0.5, 0.6) is 0 Å². The third-order valence-electron chi connectivity index (χ3n) is 3.14. The lowest BCUT2D eigenvalue weighted by atomic mass is 10.2. The van der Waals surface area contributed by atoms with Crippen molar-refractivity contribution < 1.29 is 8.42 Å². The topological polar surface area (TPSA) is 78.0 Å². The summed E-state index contributed by atoms with van der Waals surface area (Å²) in [4.78, 5) is 0.229. The predicted octanol–water partition coefficient (Wildman–Crippen LogP) is 2.25. The van der Waals surface area contributed by atoms with Crippen LogP contribution in [0.1, 0.15) is 17.0 Å². The first kappa shape index (κ1) is 14.9. The lowest BCUT2D eigenvalue weighted by Crippen LogP contribution is -2.11. The second kappa shape index (κ2) is 5.10. The number of rotatable bonds is 3. The zero-order valence-electron chi connectivity index (χ0n) is 11.5. The molecule has 0 fully saturated rings. The van der Waals surface area contributed by atoms with Gasteiger partial charge in [-0.05, 0) is 31.5 Å². The van der Waals surface area contributed by atoms with Crippen molar-refractivity contribution >= 4 is 27.1 Å². The van der Waals surface area contributed by atoms with Crippen LogP contribution in [-0.4, -0.2) is 18.2 Å². The maximum Gasteiger partial charge on any atom is 0.184 e. The Labute approximate surface area is 123 Å². The fourth-order valence-electron chi connectivity index (χ4n) is 2.05. The highest BCUT2D eigenvalue weighted by Gasteiger charge is 2.23. The van der Waals surface area contributed by atoms with E-state index in [1.54, 1.807) is 33.0 Å². The fraction of sp³-hybridized carbons (Fsp3) is 0.308. The van der Waals surface area contributed by atoms with Crippen molar-refractivity contribution in [2.24, 2.45) is 7.05 Å². The number of sulfone groups is 1. The number of nitrogens with zero attached hydrogens (tertiary/aromatic N) is 2. The van der Waals surface area contributed by atoms with E-state index in [4.69, 9.17) is 17.3 Å². The molecule has 2 N–H and O–H groups in total. The average molecular weight is 314 g/mol. The molecule has 5 nitrogen and oxygen atoms in total. The van der Waals surface area contributed by atoms with E-state index >= 15 is 0 Å². The summed E-state index contributed by atoms with van der Waals surface area (Å²) >= 11 is 6.11. The molecular formula is C13H16ClN3O2S. The Bertz CT molecular complexity index is 766. The van der Waals surface area contributed by atoms with Crippen LogP contribution in [0.3, 0.4) is 0 Å². The highest BCUT2D eigenvalue weighted by Crippen LogP contribution is 2.26. The van der Waals surface area contributed by atoms with Gasteiger partial charge >= 0.3 is 0 Å². The number of nitrogens with two attached hydrogens (primary N) is 1. The van der Waals surface area contributed by atoms with Gasteiger partial charge in [-0.3, -0.25) is 4.68 Å². The van der Waals surface area contributed by atoms with Crippen LogP contribution >= 0.6 is 11.6 Å². The van der Waals surface area contributed by atoms with E-state index in [1.807, 2.05) is 0 Å². The first-order valence-corrected chi connectivity index (χ1v) is 8.02. The van der Waals surface area contributed by atoms with Crippen molar-refractivity contribution in [2.75, 3.05) is 5.73 Å². The highest BCUT2D eigenvalue weighted by molar-refractivity contribution is 7.90. The molecule has 0 saturated carbocycles. The van der Waals surface area contributed by atoms with Gasteiger partial charge in [-0.2, -0.15) is 5.10 Å². The molecular weight excluding hydrogens is 298 g/mol. The molecule has 1 heterocycles. The molecule has 1 aromatic heterocycles. The Morgan fingerprint density at radius 1 is 1.35 bits per heavy atom. The third-order valence-corrected chi connectivity index (χ3v) is 5.39. The van der Waals surface area contributed by atoms with E-state index in [1.165, 1.54) is 10.7 Å². The van der Waals surface area contributed by atoms with Gasteiger partial charge in [-0.25, -0.2) is 8.42 Å². The fourth-order valence-corrected chi connectivity index (χ4v) is 4.07. The minimum atomic E-state index is -3.52. The van der Waals surface area contributed by atoms with Crippen LogP contribution < -0.4 is 5.73 Å². The minimum absolute atomic E-state index is 0.201. The molecule has 0 aliphatic carbocycles. The Kier molecular flexibility index (Phi) is 3.80. The van der Waals surface area contributed by atoms with E-state index < -0.39 is 9.84 Å². The molecule has 0 spiro atoms. The predicted molar refractivity (Wildman–Crippen MR) is 79.4 cm³/mol. The smallest absolute Gasteiger partial charge is 0.184 e. The SMILES string of the molecule is Cc1ccc(N)cc1S(=O)(=O)Cc1c(Cl)c(C)nn1C. The molecule has 7 heteroatoms. The van der Waals surface area contributed by atoms with Gasteiger partial charge in [0.1, 0.15) is 0 Å². The average Bonchev–Trinajstić information content (AvgIpc) is 2.59. The van der Waals surface area contributed by atoms with Gasteiger partial charge < -0.3 is 5.73 Å². The van der Waals surface area contributed by atoms with Crippen molar-refractivity contribution in [2.45, 2.75) is 24.5 Å². The number of aryl methyl sites for hydroxylation is 3. The minimum Gasteiger partial charge on any atom is -0.399 e. The van der Waals surface area contributed by atoms with Gasteiger partial charge in [0.15, 0.2) is 9.84 Å². The number of anilines is 1. The summed E-state index contributed by atoms with van der Waals surface area (Å²) in [5.74, 6) is -0.201. The number of aromatic nitrogens is 2. The van der Waals surface area contributed by atoms with Crippen molar-refractivity contribution in [3.05, 3.63) is 40.2 Å². The monoisotopic (exact) mass is 313 g/mol. The number of hydrogen-bond acceptors (Lipinski definition) is 4. The van der Waals surface area contributed by atoms with E-state index in [0.29, 0.717) is 27.7 Å². The first-order valence-electron chi connectivity index (χ1n) is 5.99. The molecule has 0 saturated heterocycles. The van der Waals surface area contributed by atoms with E-state index in [2.05, 4.69) is 5.10 Å². The maximum absolute atomic E-state index is 12.5. The molecule has 1 aromatic carbocycles. The van der Waals surface area contributed by atoms with Crippen LogP contribution in [-0.2, 0) is 22.6 Å². The second-order valence-corrected chi connectivity index (χ2v) is 7.09. The van der Waals surface area contributed by atoms with Gasteiger partial charge in [0.05, 0.1) is 27.1 Å². The lowest BCUT2D eigenvalue weighted by molar-refractivity contribution is 0.591. The summed E-state index contributed by atoms with van der Waals surface area (Å²) < 4.78 is 26.6. The molecule has 2 rings (SSSR count). The Balaban J connectivity index is 2.49. The quantitative estimate of drug-likeness (QED) is 0.882. The number of nitrogen functional groups attached to an aromatic ring is 1. The third kappa shape index (κ3) is 2.66. The number of halogens is 1. The number of hydrogen-bond donors (Lipinski definition) is 1. The largest absolute Gasteiger partial charge is 0.399 e. The normalized spacial score (nSPS) is 11.8. The number of benzene rings is 1. The Hall–Kier alpha value is -1.53. The van der Waals surface area contributed by atoms with Crippen molar-refractivity contribution in [1.82, 2.24) is 9.78 Å². The summed E-state index contributed by atoms with van der Waals surface area (Å²) in [6, 6.07) is 4.84. The Morgan fingerprint density at radius 3 is 2.55 bits per heavy atom. The van der Waals surface area contributed by atoms with Crippen molar-refractivity contribution in [3.63, 3.8) is 0 Å². The molecule has 0 atom stereocenters. The van der Waals surface area contributed by atoms with Crippen molar-refractivity contribution in [1.29, 1.82) is 0 Å². The van der Waals surface area contributed by atoms with E-state index in [9.17, 15) is 8.42 Å². The summed E-state index contributed by atoms with van der Waals surface area (Å²) in [5, 5.41) is 4.51. The van der Waals surface area contributed by atoms with Crippen LogP contribution in [0.2, 0.25) is 5.02 Å². The molecule has 0 aliphatic heterocycles. The zero-order valence-corrected chi connectivity index (χ0v) is 13.1. The van der Waals surface area contributed by atoms with Crippen LogP contribution in [0, 0.1) is 13.8 Å². The molecule has 20 heavy (non-hydrogen) atoms. The summed E-state index contributed by atoms with van der Waals surface area (Å²) in [5.41, 5.74) is 7.85. The Morgan fingerprint density at radius 2 is 2.00 bits per heavy atom. The lowest BCUT2D eigenvalue weighted by Gasteiger charge is -2.09. The molecule has 0 amide bonds. The van der Waals surface area contributed by atoms with E-state index in [0.717, 1.165) is 0 Å². The van der Waals surface area contributed by atoms with Gasteiger partial charge in [0.25, 0.3) is 0 Å². The van der Waals surface area contributed by atoms with Crippen LogP contribution in [0.25, 0.3) is 0 Å². The maximum atomic E-state index is 12.5. The zero-order chi connectivity index (χ0) is 15.1. The summed E-state index contributed by atoms with van der Waals surface area (Å²) in [6.07, 6.45) is 0. The standard InChI is InChI=1S/C13H16ClN3O2S/c1-8-4-5-10(15)6-12(8)20(18,19)7-11-13(14)9(2)16-17(11)3/h4-6H,7,15H2,1-3H3. The highest BCUT2D eigenvalue weighted by atomic mass is 35.5. The van der Waals surface area contributed by atoms with Gasteiger partial charge in [-0.15, -0.1) is 0 Å². The molecule has 0 bridgehead atoms. The van der Waals surface area contributed by atoms with Gasteiger partial charge in [-0.1, -0.05) is 17.7 Å².